The number of fused-ring (bicyclic) bond motifs is 1. The predicted octanol–water partition coefficient (Wildman–Crippen LogP) is 4.94. The predicted molar refractivity (Wildman–Crippen MR) is 132 cm³/mol. The summed E-state index contributed by atoms with van der Waals surface area (Å²) in [5, 5.41) is 1.04. The summed E-state index contributed by atoms with van der Waals surface area (Å²) in [6.45, 7) is 0. The van der Waals surface area contributed by atoms with E-state index >= 15 is 0 Å². The van der Waals surface area contributed by atoms with Crippen LogP contribution in [0, 0.1) is 17.8 Å². The van der Waals surface area contributed by atoms with Gasteiger partial charge in [-0.05, 0) is 0 Å². The van der Waals surface area contributed by atoms with Crippen molar-refractivity contribution < 1.29 is 4.79 Å². The maximum atomic E-state index is 13.8. The Kier molecular flexibility index (Phi) is 6.13. The van der Waals surface area contributed by atoms with Crippen molar-refractivity contribution in [3.8, 4) is 0 Å². The summed E-state index contributed by atoms with van der Waals surface area (Å²) >= 11 is -3.04. The van der Waals surface area contributed by atoms with Gasteiger partial charge in [0.05, 0.1) is 0 Å². The van der Waals surface area contributed by atoms with Gasteiger partial charge < -0.3 is 0 Å². The molecule has 1 nitrogen and oxygen atoms in total. The standard InChI is InChI=1S/C29H32GeO/c31-29-24(21-20-23-12-10-11-19-28(23)29)22-30(25-13-4-1-5-14-25,26-15-6-2-7-16-26)27-17-8-3-9-18-27/h1-9,13-18,23-24,28H,10-12,19-22H2/t23-,24?,28+/m1/s1. The van der Waals surface area contributed by atoms with Gasteiger partial charge in [0.15, 0.2) is 0 Å². The minimum absolute atomic E-state index is 0.208. The van der Waals surface area contributed by atoms with Crippen LogP contribution in [0.3, 0.4) is 0 Å². The van der Waals surface area contributed by atoms with E-state index in [2.05, 4.69) is 91.0 Å². The average Bonchev–Trinajstić information content (AvgIpc) is 2.86. The molecule has 158 valence electrons. The zero-order valence-electron chi connectivity index (χ0n) is 18.3. The van der Waals surface area contributed by atoms with E-state index in [1.54, 1.807) is 0 Å². The van der Waals surface area contributed by atoms with Crippen molar-refractivity contribution in [1.82, 2.24) is 0 Å². The third-order valence-electron chi connectivity index (χ3n) is 7.92. The Morgan fingerprint density at radius 3 is 1.61 bits per heavy atom. The van der Waals surface area contributed by atoms with Gasteiger partial charge >= 0.3 is 190 Å². The summed E-state index contributed by atoms with van der Waals surface area (Å²) in [6.07, 6.45) is 7.28. The molecule has 0 aliphatic heterocycles. The molecular weight excluding hydrogens is 437 g/mol. The van der Waals surface area contributed by atoms with Crippen molar-refractivity contribution in [3.05, 3.63) is 91.0 Å². The summed E-state index contributed by atoms with van der Waals surface area (Å²) in [6, 6.07) is 33.4. The van der Waals surface area contributed by atoms with E-state index in [0.29, 0.717) is 17.6 Å². The van der Waals surface area contributed by atoms with Gasteiger partial charge in [-0.2, -0.15) is 0 Å². The van der Waals surface area contributed by atoms with Crippen LogP contribution < -0.4 is 13.2 Å². The third kappa shape index (κ3) is 3.93. The van der Waals surface area contributed by atoms with Gasteiger partial charge in [0, 0.05) is 0 Å². The number of carbonyl (C=O) groups excluding carboxylic acids is 1. The number of rotatable bonds is 5. The Hall–Kier alpha value is -2.13. The monoisotopic (exact) mass is 470 g/mol. The van der Waals surface area contributed by atoms with Crippen LogP contribution in [0.1, 0.15) is 38.5 Å². The van der Waals surface area contributed by atoms with Gasteiger partial charge in [-0.25, -0.2) is 0 Å². The number of benzene rings is 3. The Morgan fingerprint density at radius 1 is 0.613 bits per heavy atom. The molecule has 2 saturated carbocycles. The number of hydrogen-bond donors (Lipinski definition) is 0. The average molecular weight is 469 g/mol. The minimum atomic E-state index is -3.04. The topological polar surface area (TPSA) is 17.1 Å². The molecule has 0 bridgehead atoms. The van der Waals surface area contributed by atoms with E-state index in [-0.39, 0.29) is 5.92 Å². The molecular formula is C29H32GeO. The first kappa shape index (κ1) is 20.8. The first-order valence-electron chi connectivity index (χ1n) is 12.0. The van der Waals surface area contributed by atoms with Crippen LogP contribution in [0.25, 0.3) is 0 Å². The molecule has 3 aromatic carbocycles. The molecule has 31 heavy (non-hydrogen) atoms. The first-order chi connectivity index (χ1) is 15.3. The molecule has 0 N–H and O–H groups in total. The van der Waals surface area contributed by atoms with E-state index in [0.717, 1.165) is 18.1 Å². The molecule has 0 saturated heterocycles. The summed E-state index contributed by atoms with van der Waals surface area (Å²) < 4.78 is 4.41. The van der Waals surface area contributed by atoms with E-state index in [1.165, 1.54) is 38.9 Å². The molecule has 1 unspecified atom stereocenters. The number of carbonyl (C=O) groups is 1. The molecule has 0 radical (unpaired) electrons. The maximum absolute atomic E-state index is 13.8. The second kappa shape index (κ2) is 9.16. The molecule has 2 aliphatic carbocycles. The van der Waals surface area contributed by atoms with Crippen LogP contribution in [0.15, 0.2) is 91.0 Å². The summed E-state index contributed by atoms with van der Waals surface area (Å²) in [4.78, 5) is 13.8. The van der Waals surface area contributed by atoms with Crippen LogP contribution in [0.2, 0.25) is 5.25 Å². The molecule has 3 atom stereocenters. The Balaban J connectivity index is 1.63. The molecule has 2 fully saturated rings. The normalized spacial score (nSPS) is 23.9. The van der Waals surface area contributed by atoms with Crippen LogP contribution in [0.5, 0.6) is 0 Å². The van der Waals surface area contributed by atoms with Crippen molar-refractivity contribution in [2.45, 2.75) is 43.8 Å². The second-order valence-corrected chi connectivity index (χ2v) is 17.8. The van der Waals surface area contributed by atoms with Crippen LogP contribution >= 0.6 is 0 Å². The van der Waals surface area contributed by atoms with Gasteiger partial charge in [0.25, 0.3) is 0 Å². The molecule has 2 heteroatoms. The summed E-state index contributed by atoms with van der Waals surface area (Å²) in [5.74, 6) is 1.79. The van der Waals surface area contributed by atoms with Gasteiger partial charge in [0.2, 0.25) is 0 Å². The first-order valence-corrected chi connectivity index (χ1v) is 16.6. The van der Waals surface area contributed by atoms with Crippen molar-refractivity contribution >= 4 is 32.2 Å². The fourth-order valence-corrected chi connectivity index (χ4v) is 17.2. The Labute approximate surface area is 189 Å². The van der Waals surface area contributed by atoms with Gasteiger partial charge in [0.1, 0.15) is 0 Å². The van der Waals surface area contributed by atoms with E-state index in [9.17, 15) is 4.79 Å². The van der Waals surface area contributed by atoms with Gasteiger partial charge in [-0.15, -0.1) is 0 Å². The van der Waals surface area contributed by atoms with E-state index < -0.39 is 13.3 Å². The van der Waals surface area contributed by atoms with Crippen molar-refractivity contribution in [1.29, 1.82) is 0 Å². The molecule has 0 heterocycles. The van der Waals surface area contributed by atoms with Gasteiger partial charge in [-0.1, -0.05) is 0 Å². The third-order valence-corrected chi connectivity index (χ3v) is 18.5. The fraction of sp³-hybridized carbons (Fsp3) is 0.345. The SMILES string of the molecule is O=C1C([CH2][Ge]([c]2ccccc2)([c]2ccccc2)[c]2ccccc2)CC[C@H]2CCCC[C@H]12. The molecule has 3 aromatic rings. The van der Waals surface area contributed by atoms with Crippen LogP contribution in [0.4, 0.5) is 0 Å². The van der Waals surface area contributed by atoms with E-state index in [1.807, 2.05) is 0 Å². The second-order valence-electron chi connectivity index (χ2n) is 9.54. The van der Waals surface area contributed by atoms with E-state index in [4.69, 9.17) is 0 Å². The molecule has 2 aliphatic rings. The summed E-state index contributed by atoms with van der Waals surface area (Å²) in [7, 11) is 0. The molecule has 0 spiro atoms. The van der Waals surface area contributed by atoms with Gasteiger partial charge in [-0.3, -0.25) is 0 Å². The number of ketones is 1. The Morgan fingerprint density at radius 2 is 1.10 bits per heavy atom. The van der Waals surface area contributed by atoms with Crippen molar-refractivity contribution in [2.24, 2.45) is 17.8 Å². The Bertz CT molecular complexity index is 902. The number of Topliss-reactive ketones (excluding diaryl/α,β-unsaturated/α-hetero) is 1. The molecule has 5 rings (SSSR count). The fourth-order valence-electron chi connectivity index (χ4n) is 6.38. The zero-order valence-corrected chi connectivity index (χ0v) is 20.3. The van der Waals surface area contributed by atoms with Crippen molar-refractivity contribution in [2.75, 3.05) is 0 Å². The van der Waals surface area contributed by atoms with Crippen LogP contribution in [-0.2, 0) is 4.79 Å². The summed E-state index contributed by atoms with van der Waals surface area (Å²) in [5.41, 5.74) is 0. The number of hydrogen-bond acceptors (Lipinski definition) is 1. The quantitative estimate of drug-likeness (QED) is 0.484. The molecule has 0 amide bonds. The zero-order chi connectivity index (χ0) is 21.1. The van der Waals surface area contributed by atoms with Crippen molar-refractivity contribution in [3.63, 3.8) is 0 Å². The van der Waals surface area contributed by atoms with Crippen LogP contribution in [-0.4, -0.2) is 19.0 Å². The molecule has 0 aromatic heterocycles.